The van der Waals surface area contributed by atoms with Gasteiger partial charge in [0, 0.05) is 11.1 Å². The van der Waals surface area contributed by atoms with Crippen molar-refractivity contribution in [2.24, 2.45) is 0 Å². The van der Waals surface area contributed by atoms with Crippen LogP contribution in [-0.4, -0.2) is 16.1 Å². The summed E-state index contributed by atoms with van der Waals surface area (Å²) in [6.45, 7) is 2.24. The smallest absolute Gasteiger partial charge is 0.335 e. The minimum atomic E-state index is -1.01. The minimum Gasteiger partial charge on any atom is -0.484 e. The molecule has 0 radical (unpaired) electrons. The van der Waals surface area contributed by atoms with E-state index in [1.54, 1.807) is 6.07 Å². The fourth-order valence-electron chi connectivity index (χ4n) is 1.42. The van der Waals surface area contributed by atoms with Gasteiger partial charge in [-0.05, 0) is 25.1 Å². The molecular formula is C12H12N2O3S. The summed E-state index contributed by atoms with van der Waals surface area (Å²) in [6.07, 6.45) is 0. The Hall–Kier alpha value is -2.08. The number of aryl methyl sites for hydroxylation is 1. The fraction of sp³-hybridized carbons (Fsp3) is 0.167. The predicted molar refractivity (Wildman–Crippen MR) is 69.0 cm³/mol. The Kier molecular flexibility index (Phi) is 3.47. The van der Waals surface area contributed by atoms with Crippen LogP contribution in [0, 0.1) is 6.92 Å². The van der Waals surface area contributed by atoms with Crippen molar-refractivity contribution in [1.82, 2.24) is 4.98 Å². The molecular weight excluding hydrogens is 252 g/mol. The molecule has 1 aromatic heterocycles. The number of aromatic nitrogens is 1. The number of carbonyl (C=O) groups is 1. The second kappa shape index (κ2) is 5.05. The Labute approximate surface area is 108 Å². The molecule has 1 heterocycles. The lowest BCUT2D eigenvalue weighted by Crippen LogP contribution is -2.02. The number of aromatic carboxylic acids is 1. The highest BCUT2D eigenvalue weighted by atomic mass is 32.1. The van der Waals surface area contributed by atoms with Crippen molar-refractivity contribution in [2.45, 2.75) is 13.5 Å². The summed E-state index contributed by atoms with van der Waals surface area (Å²) in [4.78, 5) is 15.0. The maximum absolute atomic E-state index is 10.7. The minimum absolute atomic E-state index is 0.143. The molecule has 2 aromatic rings. The van der Waals surface area contributed by atoms with Crippen molar-refractivity contribution < 1.29 is 14.6 Å². The van der Waals surface area contributed by atoms with E-state index in [0.29, 0.717) is 18.0 Å². The van der Waals surface area contributed by atoms with Crippen LogP contribution in [0.2, 0.25) is 0 Å². The normalized spacial score (nSPS) is 10.3. The quantitative estimate of drug-likeness (QED) is 0.828. The largest absolute Gasteiger partial charge is 0.484 e. The third-order valence-corrected chi connectivity index (χ3v) is 3.21. The van der Waals surface area contributed by atoms with Crippen molar-refractivity contribution in [1.29, 1.82) is 0 Å². The number of benzene rings is 1. The molecule has 0 saturated heterocycles. The van der Waals surface area contributed by atoms with E-state index in [4.69, 9.17) is 15.6 Å². The average Bonchev–Trinajstić information content (AvgIpc) is 2.73. The summed E-state index contributed by atoms with van der Waals surface area (Å²) in [6, 6.07) is 4.39. The van der Waals surface area contributed by atoms with E-state index < -0.39 is 5.97 Å². The Bertz CT molecular complexity index is 580. The van der Waals surface area contributed by atoms with Crippen molar-refractivity contribution in [3.63, 3.8) is 0 Å². The number of thiazole rings is 1. The van der Waals surface area contributed by atoms with E-state index in [1.165, 1.54) is 23.5 Å². The van der Waals surface area contributed by atoms with Crippen LogP contribution < -0.4 is 10.5 Å². The topological polar surface area (TPSA) is 85.4 Å². The number of hydrogen-bond donors (Lipinski definition) is 2. The third kappa shape index (κ3) is 2.78. The lowest BCUT2D eigenvalue weighted by molar-refractivity contribution is 0.0697. The second-order valence-corrected chi connectivity index (χ2v) is 4.67. The van der Waals surface area contributed by atoms with Crippen LogP contribution in [0.4, 0.5) is 5.69 Å². The molecule has 18 heavy (non-hydrogen) atoms. The van der Waals surface area contributed by atoms with Gasteiger partial charge in [-0.1, -0.05) is 0 Å². The molecule has 0 bridgehead atoms. The first kappa shape index (κ1) is 12.4. The monoisotopic (exact) mass is 264 g/mol. The Morgan fingerprint density at radius 3 is 2.89 bits per heavy atom. The van der Waals surface area contributed by atoms with Crippen LogP contribution in [0.25, 0.3) is 0 Å². The van der Waals surface area contributed by atoms with Crippen LogP contribution in [-0.2, 0) is 6.61 Å². The van der Waals surface area contributed by atoms with Crippen LogP contribution in [0.1, 0.15) is 21.1 Å². The van der Waals surface area contributed by atoms with Crippen molar-refractivity contribution in [3.8, 4) is 5.75 Å². The average molecular weight is 264 g/mol. The molecule has 0 saturated carbocycles. The van der Waals surface area contributed by atoms with E-state index in [9.17, 15) is 4.79 Å². The zero-order chi connectivity index (χ0) is 13.1. The zero-order valence-electron chi connectivity index (χ0n) is 9.71. The Morgan fingerprint density at radius 1 is 1.56 bits per heavy atom. The van der Waals surface area contributed by atoms with Gasteiger partial charge in [0.1, 0.15) is 17.4 Å². The number of nitrogen functional groups attached to an aromatic ring is 1. The van der Waals surface area contributed by atoms with Crippen molar-refractivity contribution in [3.05, 3.63) is 39.8 Å². The summed E-state index contributed by atoms with van der Waals surface area (Å²) in [5, 5.41) is 11.6. The summed E-state index contributed by atoms with van der Waals surface area (Å²) >= 11 is 1.51. The first-order chi connectivity index (χ1) is 8.56. The highest BCUT2D eigenvalue weighted by Crippen LogP contribution is 2.24. The van der Waals surface area contributed by atoms with Crippen LogP contribution in [0.3, 0.4) is 0 Å². The highest BCUT2D eigenvalue weighted by molar-refractivity contribution is 7.09. The number of hydrogen-bond acceptors (Lipinski definition) is 5. The molecule has 0 amide bonds. The predicted octanol–water partition coefficient (Wildman–Crippen LogP) is 2.31. The van der Waals surface area contributed by atoms with Crippen LogP contribution >= 0.6 is 11.3 Å². The van der Waals surface area contributed by atoms with Gasteiger partial charge in [0.05, 0.1) is 11.3 Å². The molecule has 0 aliphatic heterocycles. The van der Waals surface area contributed by atoms with Crippen molar-refractivity contribution in [2.75, 3.05) is 5.73 Å². The lowest BCUT2D eigenvalue weighted by Gasteiger charge is -2.07. The zero-order valence-corrected chi connectivity index (χ0v) is 10.5. The Morgan fingerprint density at radius 2 is 2.33 bits per heavy atom. The molecule has 0 aliphatic carbocycles. The number of rotatable bonds is 4. The number of nitrogens with two attached hydrogens (primary N) is 1. The van der Waals surface area contributed by atoms with Gasteiger partial charge in [0.25, 0.3) is 0 Å². The maximum Gasteiger partial charge on any atom is 0.335 e. The number of ether oxygens (including phenoxy) is 1. The summed E-state index contributed by atoms with van der Waals surface area (Å²) in [7, 11) is 0. The van der Waals surface area contributed by atoms with Gasteiger partial charge in [-0.2, -0.15) is 0 Å². The molecule has 3 N–H and O–H groups in total. The van der Waals surface area contributed by atoms with Gasteiger partial charge in [-0.3, -0.25) is 0 Å². The van der Waals surface area contributed by atoms with Crippen LogP contribution in [0.15, 0.2) is 23.6 Å². The van der Waals surface area contributed by atoms with E-state index in [0.717, 1.165) is 10.7 Å². The van der Waals surface area contributed by atoms with E-state index >= 15 is 0 Å². The fourth-order valence-corrected chi connectivity index (χ4v) is 2.10. The maximum atomic E-state index is 10.7. The molecule has 0 unspecified atom stereocenters. The van der Waals surface area contributed by atoms with Gasteiger partial charge in [-0.15, -0.1) is 11.3 Å². The van der Waals surface area contributed by atoms with E-state index in [2.05, 4.69) is 4.98 Å². The number of nitrogens with zero attached hydrogens (tertiary/aromatic N) is 1. The first-order valence-electron chi connectivity index (χ1n) is 5.23. The standard InChI is InChI=1S/C12H12N2O3S/c1-7-6-18-11(14-7)5-17-10-3-2-8(12(15)16)4-9(10)13/h2-4,6H,5,13H2,1H3,(H,15,16). The molecule has 2 rings (SSSR count). The highest BCUT2D eigenvalue weighted by Gasteiger charge is 2.08. The van der Waals surface area contributed by atoms with E-state index in [1.807, 2.05) is 12.3 Å². The lowest BCUT2D eigenvalue weighted by atomic mass is 10.2. The summed E-state index contributed by atoms with van der Waals surface area (Å²) in [5.74, 6) is -0.545. The SMILES string of the molecule is Cc1csc(COc2ccc(C(=O)O)cc2N)n1. The second-order valence-electron chi connectivity index (χ2n) is 3.73. The first-order valence-corrected chi connectivity index (χ1v) is 6.11. The Balaban J connectivity index is 2.08. The molecule has 5 nitrogen and oxygen atoms in total. The third-order valence-electron chi connectivity index (χ3n) is 2.27. The van der Waals surface area contributed by atoms with Crippen molar-refractivity contribution >= 4 is 23.0 Å². The molecule has 94 valence electrons. The van der Waals surface area contributed by atoms with Gasteiger partial charge in [0.2, 0.25) is 0 Å². The summed E-state index contributed by atoms with van der Waals surface area (Å²) in [5.41, 5.74) is 7.13. The molecule has 0 atom stereocenters. The molecule has 0 spiro atoms. The summed E-state index contributed by atoms with van der Waals surface area (Å²) < 4.78 is 5.50. The van der Waals surface area contributed by atoms with Gasteiger partial charge in [-0.25, -0.2) is 9.78 Å². The molecule has 0 aliphatic rings. The van der Waals surface area contributed by atoms with E-state index in [-0.39, 0.29) is 5.56 Å². The van der Waals surface area contributed by atoms with Gasteiger partial charge in [0.15, 0.2) is 0 Å². The number of carboxylic acids is 1. The van der Waals surface area contributed by atoms with Gasteiger partial charge >= 0.3 is 5.97 Å². The number of anilines is 1. The molecule has 1 aromatic carbocycles. The van der Waals surface area contributed by atoms with Crippen LogP contribution in [0.5, 0.6) is 5.75 Å². The molecule has 0 fully saturated rings. The molecule has 6 heteroatoms. The van der Waals surface area contributed by atoms with Gasteiger partial charge < -0.3 is 15.6 Å². The number of carboxylic acid groups (broad SMARTS) is 1.